The van der Waals surface area contributed by atoms with Gasteiger partial charge in [-0.05, 0) is 67.8 Å². The Labute approximate surface area is 179 Å². The second kappa shape index (κ2) is 10.6. The van der Waals surface area contributed by atoms with E-state index >= 15 is 0 Å². The molecule has 0 atom stereocenters. The molecule has 162 valence electrons. The lowest BCUT2D eigenvalue weighted by atomic mass is 10.2. The maximum Gasteiger partial charge on any atom is 0.255 e. The van der Waals surface area contributed by atoms with E-state index in [4.69, 9.17) is 4.74 Å². The third kappa shape index (κ3) is 5.83. The van der Waals surface area contributed by atoms with E-state index in [1.807, 2.05) is 0 Å². The van der Waals surface area contributed by atoms with Crippen molar-refractivity contribution in [2.75, 3.05) is 25.0 Å². The van der Waals surface area contributed by atoms with Crippen molar-refractivity contribution >= 4 is 21.6 Å². The molecule has 1 fully saturated rings. The number of carbonyl (C=O) groups is 1. The van der Waals surface area contributed by atoms with Gasteiger partial charge in [0.25, 0.3) is 5.91 Å². The van der Waals surface area contributed by atoms with Gasteiger partial charge in [0.2, 0.25) is 10.0 Å². The van der Waals surface area contributed by atoms with Crippen LogP contribution in [-0.2, 0) is 10.0 Å². The van der Waals surface area contributed by atoms with Crippen molar-refractivity contribution in [3.05, 3.63) is 54.1 Å². The van der Waals surface area contributed by atoms with Crippen molar-refractivity contribution < 1.29 is 17.9 Å². The van der Waals surface area contributed by atoms with E-state index in [1.54, 1.807) is 52.8 Å². The highest BCUT2D eigenvalue weighted by Gasteiger charge is 2.25. The van der Waals surface area contributed by atoms with Crippen molar-refractivity contribution in [1.29, 1.82) is 0 Å². The molecular formula is C23H30N2O4S. The average Bonchev–Trinajstić information content (AvgIpc) is 3.05. The molecule has 0 aromatic heterocycles. The van der Waals surface area contributed by atoms with E-state index < -0.39 is 10.0 Å². The molecule has 6 nitrogen and oxygen atoms in total. The molecule has 3 rings (SSSR count). The number of unbranched alkanes of at least 4 members (excludes halogenated alkanes) is 1. The Morgan fingerprint density at radius 3 is 2.20 bits per heavy atom. The van der Waals surface area contributed by atoms with Crippen LogP contribution in [-0.4, -0.2) is 38.3 Å². The van der Waals surface area contributed by atoms with Crippen molar-refractivity contribution in [3.63, 3.8) is 0 Å². The highest BCUT2D eigenvalue weighted by atomic mass is 32.2. The van der Waals surface area contributed by atoms with Gasteiger partial charge in [-0.3, -0.25) is 4.79 Å². The third-order valence-corrected chi connectivity index (χ3v) is 7.11. The molecule has 1 aliphatic heterocycles. The molecular weight excluding hydrogens is 400 g/mol. The monoisotopic (exact) mass is 430 g/mol. The van der Waals surface area contributed by atoms with Crippen molar-refractivity contribution in [1.82, 2.24) is 4.31 Å². The van der Waals surface area contributed by atoms with Crippen LogP contribution in [0.2, 0.25) is 0 Å². The number of nitrogens with one attached hydrogen (secondary N) is 1. The van der Waals surface area contributed by atoms with Crippen molar-refractivity contribution in [3.8, 4) is 5.75 Å². The summed E-state index contributed by atoms with van der Waals surface area (Å²) >= 11 is 0. The Morgan fingerprint density at radius 2 is 1.60 bits per heavy atom. The van der Waals surface area contributed by atoms with Gasteiger partial charge < -0.3 is 10.1 Å². The Morgan fingerprint density at radius 1 is 0.967 bits per heavy atom. The molecule has 0 spiro atoms. The standard InChI is InChI=1S/C23H30N2O4S/c1-2-3-18-29-21-12-8-19(9-13-21)23(26)24-20-10-14-22(15-11-20)30(27,28)25-16-6-4-5-7-17-25/h8-15H,2-7,16-18H2,1H3,(H,24,26). The predicted octanol–water partition coefficient (Wildman–Crippen LogP) is 4.68. The maximum atomic E-state index is 12.8. The van der Waals surface area contributed by atoms with Crippen LogP contribution >= 0.6 is 0 Å². The minimum atomic E-state index is -3.49. The lowest BCUT2D eigenvalue weighted by Crippen LogP contribution is -2.31. The molecule has 1 aliphatic rings. The van der Waals surface area contributed by atoms with Gasteiger partial charge in [-0.1, -0.05) is 26.2 Å². The zero-order valence-electron chi connectivity index (χ0n) is 17.5. The Kier molecular flexibility index (Phi) is 7.87. The zero-order chi connectivity index (χ0) is 21.4. The topological polar surface area (TPSA) is 75.7 Å². The van der Waals surface area contributed by atoms with Gasteiger partial charge in [0.05, 0.1) is 11.5 Å². The van der Waals surface area contributed by atoms with E-state index in [9.17, 15) is 13.2 Å². The molecule has 0 bridgehead atoms. The van der Waals surface area contributed by atoms with E-state index in [2.05, 4.69) is 12.2 Å². The zero-order valence-corrected chi connectivity index (χ0v) is 18.3. The first-order chi connectivity index (χ1) is 14.5. The summed E-state index contributed by atoms with van der Waals surface area (Å²) in [6.07, 6.45) is 6.00. The molecule has 0 unspecified atom stereocenters. The van der Waals surface area contributed by atoms with Gasteiger partial charge in [-0.2, -0.15) is 4.31 Å². The SMILES string of the molecule is CCCCOc1ccc(C(=O)Nc2ccc(S(=O)(=O)N3CCCCCC3)cc2)cc1. The Bertz CT molecular complexity index is 917. The van der Waals surface area contributed by atoms with E-state index in [1.165, 1.54) is 0 Å². The summed E-state index contributed by atoms with van der Waals surface area (Å²) in [6, 6.07) is 13.4. The second-order valence-electron chi connectivity index (χ2n) is 7.52. The fourth-order valence-electron chi connectivity index (χ4n) is 3.38. The van der Waals surface area contributed by atoms with Gasteiger partial charge in [0.1, 0.15) is 5.75 Å². The average molecular weight is 431 g/mol. The summed E-state index contributed by atoms with van der Waals surface area (Å²) in [5, 5.41) is 2.81. The predicted molar refractivity (Wildman–Crippen MR) is 118 cm³/mol. The van der Waals surface area contributed by atoms with Crippen LogP contribution in [0, 0.1) is 0 Å². The number of ether oxygens (including phenoxy) is 1. The smallest absolute Gasteiger partial charge is 0.255 e. The van der Waals surface area contributed by atoms with E-state index in [-0.39, 0.29) is 10.8 Å². The molecule has 1 N–H and O–H groups in total. The largest absolute Gasteiger partial charge is 0.494 e. The molecule has 1 heterocycles. The molecule has 0 radical (unpaired) electrons. The van der Waals surface area contributed by atoms with Crippen molar-refractivity contribution in [2.45, 2.75) is 50.3 Å². The Balaban J connectivity index is 1.61. The summed E-state index contributed by atoms with van der Waals surface area (Å²) in [4.78, 5) is 12.7. The first-order valence-corrected chi connectivity index (χ1v) is 12.1. The number of anilines is 1. The number of carbonyl (C=O) groups excluding carboxylic acids is 1. The summed E-state index contributed by atoms with van der Waals surface area (Å²) < 4.78 is 32.9. The number of hydrogen-bond acceptors (Lipinski definition) is 4. The summed E-state index contributed by atoms with van der Waals surface area (Å²) in [5.41, 5.74) is 1.07. The lowest BCUT2D eigenvalue weighted by molar-refractivity contribution is 0.102. The van der Waals surface area contributed by atoms with Crippen LogP contribution in [0.3, 0.4) is 0 Å². The van der Waals surface area contributed by atoms with Gasteiger partial charge in [0.15, 0.2) is 0 Å². The number of sulfonamides is 1. The fraction of sp³-hybridized carbons (Fsp3) is 0.435. The van der Waals surface area contributed by atoms with Crippen molar-refractivity contribution in [2.24, 2.45) is 0 Å². The molecule has 0 saturated carbocycles. The minimum absolute atomic E-state index is 0.252. The van der Waals surface area contributed by atoms with Crippen LogP contribution in [0.15, 0.2) is 53.4 Å². The normalized spacial score (nSPS) is 15.4. The summed E-state index contributed by atoms with van der Waals surface area (Å²) in [5.74, 6) is 0.487. The maximum absolute atomic E-state index is 12.8. The third-order valence-electron chi connectivity index (χ3n) is 5.20. The molecule has 2 aromatic carbocycles. The van der Waals surface area contributed by atoms with E-state index in [0.717, 1.165) is 44.3 Å². The minimum Gasteiger partial charge on any atom is -0.494 e. The molecule has 2 aromatic rings. The van der Waals surface area contributed by atoms with Crippen LogP contribution in [0.1, 0.15) is 55.8 Å². The van der Waals surface area contributed by atoms with Crippen LogP contribution in [0.25, 0.3) is 0 Å². The highest BCUT2D eigenvalue weighted by molar-refractivity contribution is 7.89. The quantitative estimate of drug-likeness (QED) is 0.617. The number of nitrogens with zero attached hydrogens (tertiary/aromatic N) is 1. The van der Waals surface area contributed by atoms with Gasteiger partial charge in [0, 0.05) is 24.3 Å². The van der Waals surface area contributed by atoms with Crippen LogP contribution in [0.4, 0.5) is 5.69 Å². The Hall–Kier alpha value is -2.38. The van der Waals surface area contributed by atoms with Gasteiger partial charge >= 0.3 is 0 Å². The first-order valence-electron chi connectivity index (χ1n) is 10.6. The number of rotatable bonds is 8. The highest BCUT2D eigenvalue weighted by Crippen LogP contribution is 2.22. The number of amides is 1. The molecule has 0 aliphatic carbocycles. The van der Waals surface area contributed by atoms with Crippen LogP contribution in [0.5, 0.6) is 5.75 Å². The number of hydrogen-bond donors (Lipinski definition) is 1. The molecule has 7 heteroatoms. The van der Waals surface area contributed by atoms with Crippen LogP contribution < -0.4 is 10.1 Å². The first kappa shape index (κ1) is 22.3. The molecule has 1 saturated heterocycles. The van der Waals surface area contributed by atoms with Gasteiger partial charge in [-0.15, -0.1) is 0 Å². The summed E-state index contributed by atoms with van der Waals surface area (Å²) in [7, 11) is -3.49. The molecule has 1 amide bonds. The molecule has 30 heavy (non-hydrogen) atoms. The fourth-order valence-corrected chi connectivity index (χ4v) is 4.90. The lowest BCUT2D eigenvalue weighted by Gasteiger charge is -2.20. The number of benzene rings is 2. The van der Waals surface area contributed by atoms with Gasteiger partial charge in [-0.25, -0.2) is 8.42 Å². The second-order valence-corrected chi connectivity index (χ2v) is 9.46. The van der Waals surface area contributed by atoms with E-state index in [0.29, 0.717) is 30.9 Å². The summed E-state index contributed by atoms with van der Waals surface area (Å²) in [6.45, 7) is 3.90.